The number of carbonyl (C=O) groups is 1. The quantitative estimate of drug-likeness (QED) is 0.283. The molecule has 6 nitrogen and oxygen atoms in total. The van der Waals surface area contributed by atoms with Crippen molar-refractivity contribution >= 4 is 11.7 Å². The van der Waals surface area contributed by atoms with Gasteiger partial charge in [-0.3, -0.25) is 4.79 Å². The highest BCUT2D eigenvalue weighted by molar-refractivity contribution is 5.97. The van der Waals surface area contributed by atoms with Crippen LogP contribution >= 0.6 is 0 Å². The van der Waals surface area contributed by atoms with Gasteiger partial charge >= 0.3 is 0 Å². The monoisotopic (exact) mass is 263 g/mol. The third-order valence-corrected chi connectivity index (χ3v) is 3.48. The Morgan fingerprint density at radius 3 is 2.79 bits per heavy atom. The van der Waals surface area contributed by atoms with Crippen molar-refractivity contribution in [2.24, 2.45) is 16.8 Å². The molecule has 0 aliphatic heterocycles. The third kappa shape index (κ3) is 2.78. The number of phenolic OH excluding ortho intramolecular Hbond substituents is 1. The summed E-state index contributed by atoms with van der Waals surface area (Å²) in [5, 5.41) is 24.2. The number of para-hydroxylation sites is 1. The lowest BCUT2D eigenvalue weighted by molar-refractivity contribution is 0.0930. The number of hydrogen-bond acceptors (Lipinski definition) is 4. The SMILES string of the molecule is N/C(=N/O)C1CCCC1NC(=O)c1ccccc1O. The van der Waals surface area contributed by atoms with Gasteiger partial charge < -0.3 is 21.4 Å². The van der Waals surface area contributed by atoms with Crippen molar-refractivity contribution in [3.05, 3.63) is 29.8 Å². The van der Waals surface area contributed by atoms with Crippen molar-refractivity contribution in [1.82, 2.24) is 5.32 Å². The van der Waals surface area contributed by atoms with Crippen LogP contribution in [0.1, 0.15) is 29.6 Å². The van der Waals surface area contributed by atoms with Crippen molar-refractivity contribution in [3.63, 3.8) is 0 Å². The van der Waals surface area contributed by atoms with Gasteiger partial charge in [0.2, 0.25) is 0 Å². The first kappa shape index (κ1) is 13.2. The fourth-order valence-electron chi connectivity index (χ4n) is 2.47. The number of phenols is 1. The topological polar surface area (TPSA) is 108 Å². The number of benzene rings is 1. The predicted octanol–water partition coefficient (Wildman–Crippen LogP) is 1.04. The number of nitrogens with zero attached hydrogens (tertiary/aromatic N) is 1. The average molecular weight is 263 g/mol. The summed E-state index contributed by atoms with van der Waals surface area (Å²) in [6.07, 6.45) is 2.47. The number of carbonyl (C=O) groups excluding carboxylic acids is 1. The molecule has 1 aromatic rings. The Kier molecular flexibility index (Phi) is 3.89. The predicted molar refractivity (Wildman–Crippen MR) is 70.1 cm³/mol. The van der Waals surface area contributed by atoms with E-state index in [1.54, 1.807) is 18.2 Å². The molecule has 2 unspecified atom stereocenters. The molecule has 0 bridgehead atoms. The molecule has 0 saturated heterocycles. The van der Waals surface area contributed by atoms with E-state index in [9.17, 15) is 9.90 Å². The molecule has 2 rings (SSSR count). The zero-order valence-electron chi connectivity index (χ0n) is 10.4. The minimum Gasteiger partial charge on any atom is -0.507 e. The fraction of sp³-hybridized carbons (Fsp3) is 0.385. The van der Waals surface area contributed by atoms with Crippen LogP contribution in [0, 0.1) is 5.92 Å². The van der Waals surface area contributed by atoms with Crippen LogP contribution in [0.2, 0.25) is 0 Å². The number of oxime groups is 1. The Bertz CT molecular complexity index is 502. The van der Waals surface area contributed by atoms with Gasteiger partial charge in [0.05, 0.1) is 5.56 Å². The van der Waals surface area contributed by atoms with Crippen LogP contribution in [-0.2, 0) is 0 Å². The Morgan fingerprint density at radius 2 is 2.11 bits per heavy atom. The first-order valence-electron chi connectivity index (χ1n) is 6.19. The maximum absolute atomic E-state index is 12.1. The lowest BCUT2D eigenvalue weighted by Gasteiger charge is -2.20. The second kappa shape index (κ2) is 5.60. The molecule has 2 atom stereocenters. The van der Waals surface area contributed by atoms with Crippen molar-refractivity contribution in [2.75, 3.05) is 0 Å². The van der Waals surface area contributed by atoms with E-state index in [4.69, 9.17) is 10.9 Å². The lowest BCUT2D eigenvalue weighted by atomic mass is 10.0. The van der Waals surface area contributed by atoms with Crippen LogP contribution in [0.15, 0.2) is 29.4 Å². The second-order valence-electron chi connectivity index (χ2n) is 4.66. The highest BCUT2D eigenvalue weighted by atomic mass is 16.4. The van der Waals surface area contributed by atoms with Crippen LogP contribution in [-0.4, -0.2) is 28.1 Å². The smallest absolute Gasteiger partial charge is 0.255 e. The molecule has 6 heteroatoms. The van der Waals surface area contributed by atoms with Crippen LogP contribution in [0.5, 0.6) is 5.75 Å². The maximum Gasteiger partial charge on any atom is 0.255 e. The first-order valence-corrected chi connectivity index (χ1v) is 6.19. The fourth-order valence-corrected chi connectivity index (χ4v) is 2.47. The second-order valence-corrected chi connectivity index (χ2v) is 4.66. The molecule has 1 aromatic carbocycles. The summed E-state index contributed by atoms with van der Waals surface area (Å²) < 4.78 is 0. The van der Waals surface area contributed by atoms with E-state index < -0.39 is 0 Å². The van der Waals surface area contributed by atoms with E-state index in [0.717, 1.165) is 19.3 Å². The summed E-state index contributed by atoms with van der Waals surface area (Å²) >= 11 is 0. The normalized spacial score (nSPS) is 23.3. The van der Waals surface area contributed by atoms with Gasteiger partial charge in [0.25, 0.3) is 5.91 Å². The highest BCUT2D eigenvalue weighted by Gasteiger charge is 2.32. The highest BCUT2D eigenvalue weighted by Crippen LogP contribution is 2.26. The molecule has 1 amide bonds. The lowest BCUT2D eigenvalue weighted by Crippen LogP contribution is -2.42. The Morgan fingerprint density at radius 1 is 1.37 bits per heavy atom. The van der Waals surface area contributed by atoms with E-state index in [0.29, 0.717) is 0 Å². The van der Waals surface area contributed by atoms with Gasteiger partial charge in [-0.25, -0.2) is 0 Å². The van der Waals surface area contributed by atoms with Crippen LogP contribution in [0.4, 0.5) is 0 Å². The van der Waals surface area contributed by atoms with Crippen molar-refractivity contribution in [1.29, 1.82) is 0 Å². The molecule has 1 fully saturated rings. The molecular weight excluding hydrogens is 246 g/mol. The molecule has 1 aliphatic rings. The van der Waals surface area contributed by atoms with Gasteiger partial charge in [0.1, 0.15) is 11.6 Å². The molecule has 0 spiro atoms. The van der Waals surface area contributed by atoms with Gasteiger partial charge in [0, 0.05) is 12.0 Å². The van der Waals surface area contributed by atoms with E-state index >= 15 is 0 Å². The standard InChI is InChI=1S/C13H17N3O3/c14-12(16-19)8-5-3-6-10(8)15-13(18)9-4-1-2-7-11(9)17/h1-2,4,7-8,10,17,19H,3,5-6H2,(H2,14,16)(H,15,18). The largest absolute Gasteiger partial charge is 0.507 e. The van der Waals surface area contributed by atoms with Crippen LogP contribution < -0.4 is 11.1 Å². The number of nitrogens with two attached hydrogens (primary N) is 1. The zero-order valence-corrected chi connectivity index (χ0v) is 10.4. The Hall–Kier alpha value is -2.24. The van der Waals surface area contributed by atoms with E-state index in [1.807, 2.05) is 0 Å². The minimum atomic E-state index is -0.347. The van der Waals surface area contributed by atoms with Crippen molar-refractivity contribution in [3.8, 4) is 5.75 Å². The van der Waals surface area contributed by atoms with E-state index in [2.05, 4.69) is 10.5 Å². The Labute approximate surface area is 110 Å². The molecule has 5 N–H and O–H groups in total. The summed E-state index contributed by atoms with van der Waals surface area (Å²) in [5.74, 6) is -0.418. The van der Waals surface area contributed by atoms with Gasteiger partial charge in [0.15, 0.2) is 0 Å². The number of amides is 1. The number of aromatic hydroxyl groups is 1. The summed E-state index contributed by atoms with van der Waals surface area (Å²) in [6.45, 7) is 0. The number of rotatable bonds is 3. The third-order valence-electron chi connectivity index (χ3n) is 3.48. The number of hydrogen-bond donors (Lipinski definition) is 4. The van der Waals surface area contributed by atoms with Gasteiger partial charge in [-0.1, -0.05) is 23.7 Å². The van der Waals surface area contributed by atoms with E-state index in [1.165, 1.54) is 6.07 Å². The molecular formula is C13H17N3O3. The van der Waals surface area contributed by atoms with Crippen molar-refractivity contribution in [2.45, 2.75) is 25.3 Å². The molecule has 0 heterocycles. The van der Waals surface area contributed by atoms with Gasteiger partial charge in [-0.15, -0.1) is 0 Å². The van der Waals surface area contributed by atoms with Crippen LogP contribution in [0.25, 0.3) is 0 Å². The number of amidine groups is 1. The van der Waals surface area contributed by atoms with E-state index in [-0.39, 0.29) is 35.0 Å². The molecule has 0 aromatic heterocycles. The molecule has 1 aliphatic carbocycles. The molecule has 102 valence electrons. The number of nitrogens with one attached hydrogen (secondary N) is 1. The summed E-state index contributed by atoms with van der Waals surface area (Å²) in [5.41, 5.74) is 5.84. The maximum atomic E-state index is 12.1. The molecule has 0 radical (unpaired) electrons. The first-order chi connectivity index (χ1) is 9.13. The van der Waals surface area contributed by atoms with Gasteiger partial charge in [-0.05, 0) is 25.0 Å². The van der Waals surface area contributed by atoms with Gasteiger partial charge in [-0.2, -0.15) is 0 Å². The molecule has 1 saturated carbocycles. The molecule has 19 heavy (non-hydrogen) atoms. The Balaban J connectivity index is 2.09. The van der Waals surface area contributed by atoms with Crippen LogP contribution in [0.3, 0.4) is 0 Å². The summed E-state index contributed by atoms with van der Waals surface area (Å²) in [6, 6.07) is 6.19. The zero-order chi connectivity index (χ0) is 13.8. The minimum absolute atomic E-state index is 0.0571. The van der Waals surface area contributed by atoms with Crippen molar-refractivity contribution < 1.29 is 15.1 Å². The summed E-state index contributed by atoms with van der Waals surface area (Å²) in [4.78, 5) is 12.1. The average Bonchev–Trinajstić information content (AvgIpc) is 2.86. The summed E-state index contributed by atoms with van der Waals surface area (Å²) in [7, 11) is 0.